The molecule has 180 valence electrons. The molecule has 0 aliphatic heterocycles. The number of nitrogens with two attached hydrogens (primary N) is 1. The SMILES string of the molecule is CC(N)=NC(CS(C)(=O)=O)c1cc(NC(=O)c2ccc(F)cn2)ccc1F.Fc1ccccc1. The van der Waals surface area contributed by atoms with Crippen molar-refractivity contribution in [3.8, 4) is 0 Å². The normalized spacial score (nSPS) is 12.3. The second-order valence-corrected chi connectivity index (χ2v) is 9.41. The van der Waals surface area contributed by atoms with E-state index in [1.165, 1.54) is 37.3 Å². The Morgan fingerprint density at radius 2 is 1.74 bits per heavy atom. The van der Waals surface area contributed by atoms with Crippen LogP contribution in [0.4, 0.5) is 18.9 Å². The van der Waals surface area contributed by atoms with Crippen LogP contribution < -0.4 is 11.1 Å². The van der Waals surface area contributed by atoms with Gasteiger partial charge in [0.15, 0.2) is 0 Å². The predicted octanol–water partition coefficient (Wildman–Crippen LogP) is 3.90. The van der Waals surface area contributed by atoms with Crippen LogP contribution in [0.3, 0.4) is 0 Å². The lowest BCUT2D eigenvalue weighted by atomic mass is 10.1. The molecule has 1 aromatic heterocycles. The van der Waals surface area contributed by atoms with Crippen LogP contribution in [0.1, 0.15) is 29.0 Å². The monoisotopic (exact) mass is 492 g/mol. The third kappa shape index (κ3) is 9.02. The molecular weight excluding hydrogens is 469 g/mol. The Labute approximate surface area is 195 Å². The molecule has 0 fully saturated rings. The maximum Gasteiger partial charge on any atom is 0.274 e. The van der Waals surface area contributed by atoms with Crippen LogP contribution in [0.15, 0.2) is 71.9 Å². The highest BCUT2D eigenvalue weighted by atomic mass is 32.2. The highest BCUT2D eigenvalue weighted by molar-refractivity contribution is 7.90. The van der Waals surface area contributed by atoms with Crippen molar-refractivity contribution < 1.29 is 26.4 Å². The lowest BCUT2D eigenvalue weighted by Gasteiger charge is -2.15. The van der Waals surface area contributed by atoms with E-state index in [0.29, 0.717) is 0 Å². The van der Waals surface area contributed by atoms with Gasteiger partial charge in [0.05, 0.1) is 23.8 Å². The largest absolute Gasteiger partial charge is 0.388 e. The molecule has 0 spiro atoms. The zero-order valence-electron chi connectivity index (χ0n) is 18.4. The molecule has 3 aromatic rings. The van der Waals surface area contributed by atoms with E-state index >= 15 is 0 Å². The first-order valence-corrected chi connectivity index (χ1v) is 11.9. The van der Waals surface area contributed by atoms with E-state index in [9.17, 15) is 26.4 Å². The van der Waals surface area contributed by atoms with E-state index in [1.807, 2.05) is 0 Å². The van der Waals surface area contributed by atoms with Crippen LogP contribution in [0.25, 0.3) is 0 Å². The molecule has 7 nitrogen and oxygen atoms in total. The molecule has 34 heavy (non-hydrogen) atoms. The Hall–Kier alpha value is -3.73. The van der Waals surface area contributed by atoms with Gasteiger partial charge in [-0.15, -0.1) is 0 Å². The summed E-state index contributed by atoms with van der Waals surface area (Å²) in [5.41, 5.74) is 5.66. The van der Waals surface area contributed by atoms with Crippen molar-refractivity contribution in [3.05, 3.63) is 95.6 Å². The van der Waals surface area contributed by atoms with Gasteiger partial charge in [-0.1, -0.05) is 18.2 Å². The molecule has 0 bridgehead atoms. The van der Waals surface area contributed by atoms with Gasteiger partial charge >= 0.3 is 0 Å². The first-order valence-electron chi connectivity index (χ1n) is 9.85. The number of rotatable bonds is 6. The minimum Gasteiger partial charge on any atom is -0.388 e. The van der Waals surface area contributed by atoms with Gasteiger partial charge in [-0.3, -0.25) is 9.79 Å². The predicted molar refractivity (Wildman–Crippen MR) is 125 cm³/mol. The van der Waals surface area contributed by atoms with Crippen molar-refractivity contribution in [1.82, 2.24) is 4.98 Å². The summed E-state index contributed by atoms with van der Waals surface area (Å²) in [7, 11) is -3.48. The van der Waals surface area contributed by atoms with Crippen molar-refractivity contribution in [1.29, 1.82) is 0 Å². The zero-order chi connectivity index (χ0) is 25.3. The second-order valence-electron chi connectivity index (χ2n) is 7.23. The average molecular weight is 493 g/mol. The van der Waals surface area contributed by atoms with Crippen LogP contribution in [0, 0.1) is 17.5 Å². The summed E-state index contributed by atoms with van der Waals surface area (Å²) < 4.78 is 62.4. The summed E-state index contributed by atoms with van der Waals surface area (Å²) in [5.74, 6) is -2.45. The van der Waals surface area contributed by atoms with Gasteiger partial charge in [-0.25, -0.2) is 26.6 Å². The summed E-state index contributed by atoms with van der Waals surface area (Å²) in [5, 5.41) is 2.50. The standard InChI is InChI=1S/C17H18F2N4O3S.C6H5F/c1-10(20)22-16(9-27(2,25)26)13-7-12(4-5-14(13)19)23-17(24)15-6-3-11(18)8-21-15;7-6-4-2-1-3-5-6/h3-8,16H,9H2,1-2H3,(H2,20,22)(H,23,24);1-5H. The number of hydrogen-bond acceptors (Lipinski definition) is 5. The fourth-order valence-corrected chi connectivity index (χ4v) is 3.55. The number of carbonyl (C=O) groups is 1. The van der Waals surface area contributed by atoms with E-state index < -0.39 is 39.2 Å². The summed E-state index contributed by atoms with van der Waals surface area (Å²) in [6.45, 7) is 1.46. The van der Waals surface area contributed by atoms with Gasteiger partial charge in [0.25, 0.3) is 5.91 Å². The second kappa shape index (κ2) is 11.9. The minimum atomic E-state index is -3.48. The zero-order valence-corrected chi connectivity index (χ0v) is 19.2. The van der Waals surface area contributed by atoms with E-state index in [1.54, 1.807) is 18.2 Å². The minimum absolute atomic E-state index is 0.0323. The molecule has 0 aliphatic rings. The number of pyridine rings is 1. The fourth-order valence-electron chi connectivity index (χ4n) is 2.73. The Kier molecular flexibility index (Phi) is 9.31. The quantitative estimate of drug-likeness (QED) is 0.400. The van der Waals surface area contributed by atoms with Crippen molar-refractivity contribution in [2.75, 3.05) is 17.3 Å². The van der Waals surface area contributed by atoms with Crippen molar-refractivity contribution in [2.45, 2.75) is 13.0 Å². The van der Waals surface area contributed by atoms with Gasteiger partial charge in [-0.2, -0.15) is 0 Å². The van der Waals surface area contributed by atoms with Crippen LogP contribution >= 0.6 is 0 Å². The van der Waals surface area contributed by atoms with Crippen LogP contribution in [-0.4, -0.2) is 37.2 Å². The van der Waals surface area contributed by atoms with Crippen molar-refractivity contribution in [2.24, 2.45) is 10.7 Å². The van der Waals surface area contributed by atoms with Gasteiger partial charge in [-0.05, 0) is 49.4 Å². The number of amidine groups is 1. The van der Waals surface area contributed by atoms with Gasteiger partial charge in [0.1, 0.15) is 33.0 Å². The van der Waals surface area contributed by atoms with Gasteiger partial charge in [0.2, 0.25) is 0 Å². The maximum atomic E-state index is 14.3. The third-order valence-corrected chi connectivity index (χ3v) is 5.05. The third-order valence-electron chi connectivity index (χ3n) is 4.13. The maximum absolute atomic E-state index is 14.3. The molecule has 1 unspecified atom stereocenters. The highest BCUT2D eigenvalue weighted by Crippen LogP contribution is 2.26. The number of hydrogen-bond donors (Lipinski definition) is 2. The van der Waals surface area contributed by atoms with Crippen LogP contribution in [-0.2, 0) is 9.84 Å². The lowest BCUT2D eigenvalue weighted by molar-refractivity contribution is 0.102. The molecule has 0 aliphatic carbocycles. The number of halogens is 3. The topological polar surface area (TPSA) is 115 Å². The summed E-state index contributed by atoms with van der Waals surface area (Å²) in [6, 6.07) is 12.8. The summed E-state index contributed by atoms with van der Waals surface area (Å²) >= 11 is 0. The Balaban J connectivity index is 0.000000497. The highest BCUT2D eigenvalue weighted by Gasteiger charge is 2.21. The van der Waals surface area contributed by atoms with Crippen LogP contribution in [0.2, 0.25) is 0 Å². The Morgan fingerprint density at radius 1 is 1.06 bits per heavy atom. The average Bonchev–Trinajstić information content (AvgIpc) is 2.75. The van der Waals surface area contributed by atoms with Gasteiger partial charge < -0.3 is 11.1 Å². The van der Waals surface area contributed by atoms with Crippen LogP contribution in [0.5, 0.6) is 0 Å². The molecule has 1 atom stereocenters. The molecule has 2 aromatic carbocycles. The number of benzene rings is 2. The smallest absolute Gasteiger partial charge is 0.274 e. The number of amides is 1. The molecule has 0 radical (unpaired) electrons. The number of aliphatic imine (C=N–C) groups is 1. The lowest BCUT2D eigenvalue weighted by Crippen LogP contribution is -2.18. The summed E-state index contributed by atoms with van der Waals surface area (Å²) in [6.07, 6.45) is 1.90. The van der Waals surface area contributed by atoms with Gasteiger partial charge in [0, 0.05) is 17.5 Å². The molecule has 0 saturated carbocycles. The molecule has 11 heteroatoms. The van der Waals surface area contributed by atoms with E-state index in [-0.39, 0.29) is 28.6 Å². The number of anilines is 1. The first-order chi connectivity index (χ1) is 15.9. The van der Waals surface area contributed by atoms with Crippen molar-refractivity contribution in [3.63, 3.8) is 0 Å². The van der Waals surface area contributed by atoms with E-state index in [2.05, 4.69) is 15.3 Å². The first kappa shape index (κ1) is 26.5. The molecule has 1 amide bonds. The molecule has 0 saturated heterocycles. The summed E-state index contributed by atoms with van der Waals surface area (Å²) in [4.78, 5) is 19.8. The molecule has 3 N–H and O–H groups in total. The number of carbonyl (C=O) groups excluding carboxylic acids is 1. The number of nitrogens with zero attached hydrogens (tertiary/aromatic N) is 2. The molecular formula is C23H23F3N4O3S. The van der Waals surface area contributed by atoms with Crippen molar-refractivity contribution >= 4 is 27.3 Å². The molecule has 3 rings (SSSR count). The number of aromatic nitrogens is 1. The Morgan fingerprint density at radius 3 is 2.24 bits per heavy atom. The Bertz CT molecular complexity index is 1250. The van der Waals surface area contributed by atoms with E-state index in [4.69, 9.17) is 5.73 Å². The fraction of sp³-hybridized carbons (Fsp3) is 0.174. The molecule has 1 heterocycles. The number of nitrogens with one attached hydrogen (secondary N) is 1. The van der Waals surface area contributed by atoms with E-state index in [0.717, 1.165) is 24.6 Å². The number of sulfone groups is 1.